The predicted molar refractivity (Wildman–Crippen MR) is 85.9 cm³/mol. The van der Waals surface area contributed by atoms with E-state index in [2.05, 4.69) is 25.5 Å². The standard InChI is InChI=1S/C16H20N6O2/c1-10-13(8-19-21-10)16(24)22-5-3-4-15(22)14-9-17-6-12(20-14)7-18-11(2)23/h6,8-9,15H,3-5,7H2,1-2H3,(H,18,23)(H,19,21)/t15-/m1/s1. The number of nitrogens with zero attached hydrogens (tertiary/aromatic N) is 4. The van der Waals surface area contributed by atoms with Gasteiger partial charge < -0.3 is 10.2 Å². The fraction of sp³-hybridized carbons (Fsp3) is 0.438. The van der Waals surface area contributed by atoms with Crippen LogP contribution in [0.5, 0.6) is 0 Å². The second kappa shape index (κ2) is 6.77. The second-order valence-electron chi connectivity index (χ2n) is 5.91. The molecule has 8 nitrogen and oxygen atoms in total. The van der Waals surface area contributed by atoms with E-state index in [0.29, 0.717) is 24.3 Å². The Labute approximate surface area is 139 Å². The zero-order chi connectivity index (χ0) is 17.1. The van der Waals surface area contributed by atoms with Crippen LogP contribution in [0.15, 0.2) is 18.6 Å². The first-order chi connectivity index (χ1) is 11.6. The molecule has 0 spiro atoms. The number of rotatable bonds is 4. The number of aromatic nitrogens is 4. The van der Waals surface area contributed by atoms with E-state index >= 15 is 0 Å². The number of nitrogens with one attached hydrogen (secondary N) is 2. The summed E-state index contributed by atoms with van der Waals surface area (Å²) in [7, 11) is 0. The summed E-state index contributed by atoms with van der Waals surface area (Å²) in [5, 5.41) is 9.43. The Kier molecular flexibility index (Phi) is 4.54. The van der Waals surface area contributed by atoms with E-state index in [1.54, 1.807) is 18.6 Å². The molecule has 3 rings (SSSR count). The highest BCUT2D eigenvalue weighted by Gasteiger charge is 2.32. The molecule has 2 aromatic heterocycles. The first-order valence-corrected chi connectivity index (χ1v) is 7.92. The Morgan fingerprint density at radius 2 is 2.21 bits per heavy atom. The van der Waals surface area contributed by atoms with Crippen molar-refractivity contribution in [1.82, 2.24) is 30.4 Å². The highest BCUT2D eigenvalue weighted by Crippen LogP contribution is 2.32. The molecule has 24 heavy (non-hydrogen) atoms. The molecular formula is C16H20N6O2. The van der Waals surface area contributed by atoms with Gasteiger partial charge in [-0.3, -0.25) is 24.7 Å². The van der Waals surface area contributed by atoms with Gasteiger partial charge >= 0.3 is 0 Å². The van der Waals surface area contributed by atoms with Gasteiger partial charge in [0.25, 0.3) is 5.91 Å². The first-order valence-electron chi connectivity index (χ1n) is 7.92. The van der Waals surface area contributed by atoms with Crippen molar-refractivity contribution in [3.63, 3.8) is 0 Å². The minimum absolute atomic E-state index is 0.0437. The SMILES string of the molecule is CC(=O)NCc1cncc([C@H]2CCCN2C(=O)c2cn[nH]c2C)n1. The van der Waals surface area contributed by atoms with Gasteiger partial charge in [0.15, 0.2) is 0 Å². The van der Waals surface area contributed by atoms with E-state index in [-0.39, 0.29) is 17.9 Å². The molecule has 0 bridgehead atoms. The molecule has 0 radical (unpaired) electrons. The van der Waals surface area contributed by atoms with Gasteiger partial charge in [-0.15, -0.1) is 0 Å². The Hall–Kier alpha value is -2.77. The molecule has 1 fully saturated rings. The summed E-state index contributed by atoms with van der Waals surface area (Å²) in [6.45, 7) is 4.31. The fourth-order valence-electron chi connectivity index (χ4n) is 2.92. The number of carbonyl (C=O) groups excluding carboxylic acids is 2. The molecule has 0 aromatic carbocycles. The summed E-state index contributed by atoms with van der Waals surface area (Å²) in [5.74, 6) is -0.159. The zero-order valence-electron chi connectivity index (χ0n) is 13.7. The normalized spacial score (nSPS) is 17.1. The van der Waals surface area contributed by atoms with Crippen molar-refractivity contribution in [2.45, 2.75) is 39.3 Å². The Bertz CT molecular complexity index is 757. The topological polar surface area (TPSA) is 104 Å². The maximum absolute atomic E-state index is 12.8. The molecule has 1 saturated heterocycles. The quantitative estimate of drug-likeness (QED) is 0.875. The number of aromatic amines is 1. The number of hydrogen-bond acceptors (Lipinski definition) is 5. The monoisotopic (exact) mass is 328 g/mol. The lowest BCUT2D eigenvalue weighted by atomic mass is 10.1. The highest BCUT2D eigenvalue weighted by atomic mass is 16.2. The summed E-state index contributed by atoms with van der Waals surface area (Å²) in [4.78, 5) is 34.4. The van der Waals surface area contributed by atoms with Gasteiger partial charge in [-0.05, 0) is 19.8 Å². The van der Waals surface area contributed by atoms with Crippen LogP contribution < -0.4 is 5.32 Å². The van der Waals surface area contributed by atoms with E-state index in [1.165, 1.54) is 6.92 Å². The maximum Gasteiger partial charge on any atom is 0.257 e. The number of H-pyrrole nitrogens is 1. The number of amides is 2. The number of carbonyl (C=O) groups is 2. The van der Waals surface area contributed by atoms with Crippen molar-refractivity contribution in [3.05, 3.63) is 41.2 Å². The molecule has 3 heterocycles. The van der Waals surface area contributed by atoms with E-state index in [4.69, 9.17) is 0 Å². The summed E-state index contributed by atoms with van der Waals surface area (Å²) >= 11 is 0. The molecular weight excluding hydrogens is 308 g/mol. The lowest BCUT2D eigenvalue weighted by Crippen LogP contribution is -2.31. The second-order valence-corrected chi connectivity index (χ2v) is 5.91. The first kappa shape index (κ1) is 16.1. The lowest BCUT2D eigenvalue weighted by molar-refractivity contribution is -0.119. The molecule has 0 aliphatic carbocycles. The zero-order valence-corrected chi connectivity index (χ0v) is 13.7. The van der Waals surface area contributed by atoms with Crippen molar-refractivity contribution in [2.24, 2.45) is 0 Å². The molecule has 1 aliphatic rings. The van der Waals surface area contributed by atoms with Crippen molar-refractivity contribution in [2.75, 3.05) is 6.54 Å². The largest absolute Gasteiger partial charge is 0.351 e. The summed E-state index contributed by atoms with van der Waals surface area (Å²) < 4.78 is 0. The van der Waals surface area contributed by atoms with Crippen LogP contribution in [0, 0.1) is 6.92 Å². The van der Waals surface area contributed by atoms with Crippen LogP contribution >= 0.6 is 0 Å². The average molecular weight is 328 g/mol. The number of likely N-dealkylation sites (tertiary alicyclic amines) is 1. The number of aryl methyl sites for hydroxylation is 1. The Balaban J connectivity index is 1.80. The number of hydrogen-bond donors (Lipinski definition) is 2. The average Bonchev–Trinajstić information content (AvgIpc) is 3.21. The molecule has 1 aliphatic heterocycles. The van der Waals surface area contributed by atoms with Gasteiger partial charge in [-0.1, -0.05) is 0 Å². The lowest BCUT2D eigenvalue weighted by Gasteiger charge is -2.24. The molecule has 1 atom stereocenters. The van der Waals surface area contributed by atoms with Crippen molar-refractivity contribution in [1.29, 1.82) is 0 Å². The third-order valence-corrected chi connectivity index (χ3v) is 4.14. The Morgan fingerprint density at radius 3 is 2.92 bits per heavy atom. The van der Waals surface area contributed by atoms with Crippen LogP contribution in [0.3, 0.4) is 0 Å². The smallest absolute Gasteiger partial charge is 0.257 e. The van der Waals surface area contributed by atoms with Gasteiger partial charge in [0, 0.05) is 19.2 Å². The molecule has 2 amide bonds. The predicted octanol–water partition coefficient (Wildman–Crippen LogP) is 1.12. The van der Waals surface area contributed by atoms with Crippen LogP contribution in [0.1, 0.15) is 53.2 Å². The maximum atomic E-state index is 12.8. The third-order valence-electron chi connectivity index (χ3n) is 4.14. The van der Waals surface area contributed by atoms with Crippen molar-refractivity contribution >= 4 is 11.8 Å². The summed E-state index contributed by atoms with van der Waals surface area (Å²) in [6, 6.07) is -0.100. The summed E-state index contributed by atoms with van der Waals surface area (Å²) in [6.07, 6.45) is 6.65. The van der Waals surface area contributed by atoms with E-state index in [9.17, 15) is 9.59 Å². The molecule has 126 valence electrons. The minimum atomic E-state index is -0.115. The molecule has 0 unspecified atom stereocenters. The van der Waals surface area contributed by atoms with Gasteiger partial charge in [-0.2, -0.15) is 5.10 Å². The molecule has 0 saturated carbocycles. The molecule has 2 N–H and O–H groups in total. The van der Waals surface area contributed by atoms with Gasteiger partial charge in [0.1, 0.15) is 0 Å². The fourth-order valence-corrected chi connectivity index (χ4v) is 2.92. The van der Waals surface area contributed by atoms with Crippen LogP contribution in [0.2, 0.25) is 0 Å². The van der Waals surface area contributed by atoms with Crippen LogP contribution in [-0.4, -0.2) is 43.4 Å². The Morgan fingerprint density at radius 1 is 1.38 bits per heavy atom. The van der Waals surface area contributed by atoms with Gasteiger partial charge in [0.05, 0.1) is 48.1 Å². The van der Waals surface area contributed by atoms with E-state index < -0.39 is 0 Å². The van der Waals surface area contributed by atoms with Crippen LogP contribution in [-0.2, 0) is 11.3 Å². The van der Waals surface area contributed by atoms with Crippen molar-refractivity contribution in [3.8, 4) is 0 Å². The van der Waals surface area contributed by atoms with Crippen LogP contribution in [0.25, 0.3) is 0 Å². The third kappa shape index (κ3) is 3.27. The van der Waals surface area contributed by atoms with Crippen molar-refractivity contribution < 1.29 is 9.59 Å². The molecule has 2 aromatic rings. The van der Waals surface area contributed by atoms with Gasteiger partial charge in [0.2, 0.25) is 5.91 Å². The van der Waals surface area contributed by atoms with E-state index in [1.807, 2.05) is 11.8 Å². The summed E-state index contributed by atoms with van der Waals surface area (Å²) in [5.41, 5.74) is 2.78. The minimum Gasteiger partial charge on any atom is -0.351 e. The highest BCUT2D eigenvalue weighted by molar-refractivity contribution is 5.95. The van der Waals surface area contributed by atoms with Gasteiger partial charge in [-0.25, -0.2) is 0 Å². The van der Waals surface area contributed by atoms with E-state index in [0.717, 1.165) is 24.2 Å². The molecule has 8 heteroatoms. The van der Waals surface area contributed by atoms with Crippen LogP contribution in [0.4, 0.5) is 0 Å².